The number of allylic oxidation sites excluding steroid dienone is 1. The summed E-state index contributed by atoms with van der Waals surface area (Å²) in [4.78, 5) is 0. The van der Waals surface area contributed by atoms with Gasteiger partial charge in [0.2, 0.25) is 0 Å². The van der Waals surface area contributed by atoms with Gasteiger partial charge >= 0.3 is 0 Å². The molecule has 0 amide bonds. The van der Waals surface area contributed by atoms with Crippen LogP contribution in [0.2, 0.25) is 0 Å². The van der Waals surface area contributed by atoms with Crippen molar-refractivity contribution in [3.63, 3.8) is 0 Å². The van der Waals surface area contributed by atoms with Crippen molar-refractivity contribution in [1.82, 2.24) is 0 Å². The quantitative estimate of drug-likeness (QED) is 0.602. The van der Waals surface area contributed by atoms with Gasteiger partial charge in [0.05, 0.1) is 18.5 Å². The third-order valence-corrected chi connectivity index (χ3v) is 1.39. The highest BCUT2D eigenvalue weighted by atomic mass is 16.5. The minimum atomic E-state index is -0.258. The van der Waals surface area contributed by atoms with E-state index < -0.39 is 0 Å². The van der Waals surface area contributed by atoms with E-state index in [4.69, 9.17) is 9.84 Å². The van der Waals surface area contributed by atoms with Crippen molar-refractivity contribution in [2.75, 3.05) is 6.61 Å². The maximum Gasteiger partial charge on any atom is 0.0946 e. The molecule has 2 heteroatoms. The maximum absolute atomic E-state index is 8.97. The summed E-state index contributed by atoms with van der Waals surface area (Å²) in [6.45, 7) is 2.66. The number of hydrogen-bond acceptors (Lipinski definition) is 2. The van der Waals surface area contributed by atoms with Crippen LogP contribution in [-0.2, 0) is 4.74 Å². The summed E-state index contributed by atoms with van der Waals surface area (Å²) >= 11 is 0. The molecule has 1 N–H and O–H groups in total. The molecule has 9 heavy (non-hydrogen) atoms. The number of ether oxygens (including phenoxy) is 1. The van der Waals surface area contributed by atoms with Crippen LogP contribution in [0.3, 0.4) is 0 Å². The molecule has 0 radical (unpaired) electrons. The van der Waals surface area contributed by atoms with Crippen molar-refractivity contribution in [2.24, 2.45) is 0 Å². The van der Waals surface area contributed by atoms with E-state index in [-0.39, 0.29) is 6.10 Å². The molecule has 1 rings (SSSR count). The lowest BCUT2D eigenvalue weighted by atomic mass is 10.3. The van der Waals surface area contributed by atoms with E-state index >= 15 is 0 Å². The summed E-state index contributed by atoms with van der Waals surface area (Å²) in [6, 6.07) is 0. The average Bonchev–Trinajstić information content (AvgIpc) is 2.17. The van der Waals surface area contributed by atoms with E-state index in [1.54, 1.807) is 6.08 Å². The molecular formula is C7H12O2. The Morgan fingerprint density at radius 1 is 1.89 bits per heavy atom. The first-order valence-corrected chi connectivity index (χ1v) is 3.34. The van der Waals surface area contributed by atoms with E-state index in [0.717, 1.165) is 18.6 Å². The van der Waals surface area contributed by atoms with Crippen molar-refractivity contribution < 1.29 is 9.84 Å². The van der Waals surface area contributed by atoms with Crippen LogP contribution >= 0.6 is 0 Å². The van der Waals surface area contributed by atoms with Crippen molar-refractivity contribution in [3.05, 3.63) is 11.8 Å². The number of aliphatic hydroxyl groups excluding tert-OH is 1. The normalized spacial score (nSPS) is 26.0. The van der Waals surface area contributed by atoms with Crippen LogP contribution in [0.4, 0.5) is 0 Å². The fourth-order valence-corrected chi connectivity index (χ4v) is 0.977. The minimum Gasteiger partial charge on any atom is -0.498 e. The molecule has 1 aliphatic rings. The van der Waals surface area contributed by atoms with Gasteiger partial charge < -0.3 is 9.84 Å². The van der Waals surface area contributed by atoms with Gasteiger partial charge in [0, 0.05) is 6.42 Å². The fourth-order valence-electron chi connectivity index (χ4n) is 0.977. The van der Waals surface area contributed by atoms with Crippen molar-refractivity contribution in [1.29, 1.82) is 0 Å². The van der Waals surface area contributed by atoms with E-state index in [0.29, 0.717) is 6.61 Å². The summed E-state index contributed by atoms with van der Waals surface area (Å²) in [5.74, 6) is 0.949. The van der Waals surface area contributed by atoms with Gasteiger partial charge in [-0.05, 0) is 19.4 Å². The molecule has 0 aromatic carbocycles. The van der Waals surface area contributed by atoms with Gasteiger partial charge in [0.25, 0.3) is 0 Å². The van der Waals surface area contributed by atoms with Crippen LogP contribution in [0.15, 0.2) is 11.8 Å². The molecule has 0 aromatic rings. The Hall–Kier alpha value is -0.500. The molecule has 0 bridgehead atoms. The maximum atomic E-state index is 8.97. The summed E-state index contributed by atoms with van der Waals surface area (Å²) < 4.78 is 5.17. The first kappa shape index (κ1) is 6.62. The van der Waals surface area contributed by atoms with Crippen LogP contribution in [0.1, 0.15) is 19.8 Å². The zero-order valence-electron chi connectivity index (χ0n) is 5.63. The Kier molecular flexibility index (Phi) is 2.11. The number of hydrogen-bond donors (Lipinski definition) is 1. The molecule has 0 aliphatic heterocycles. The van der Waals surface area contributed by atoms with Crippen LogP contribution in [-0.4, -0.2) is 17.8 Å². The third kappa shape index (κ3) is 1.72. The van der Waals surface area contributed by atoms with Gasteiger partial charge in [-0.25, -0.2) is 0 Å². The smallest absolute Gasteiger partial charge is 0.0946 e. The second kappa shape index (κ2) is 2.87. The predicted octanol–water partition coefficient (Wildman–Crippen LogP) is 1.06. The Balaban J connectivity index is 2.33. The first-order valence-electron chi connectivity index (χ1n) is 3.34. The monoisotopic (exact) mass is 128 g/mol. The molecule has 0 aromatic heterocycles. The Morgan fingerprint density at radius 2 is 2.67 bits per heavy atom. The van der Waals surface area contributed by atoms with Crippen molar-refractivity contribution in [2.45, 2.75) is 25.9 Å². The molecule has 0 saturated heterocycles. The van der Waals surface area contributed by atoms with Crippen LogP contribution in [0, 0.1) is 0 Å². The molecule has 0 saturated carbocycles. The van der Waals surface area contributed by atoms with E-state index in [1.807, 2.05) is 6.92 Å². The van der Waals surface area contributed by atoms with Gasteiger partial charge in [-0.3, -0.25) is 0 Å². The lowest BCUT2D eigenvalue weighted by Crippen LogP contribution is -1.93. The minimum absolute atomic E-state index is 0.258. The number of rotatable bonds is 2. The topological polar surface area (TPSA) is 29.5 Å². The SMILES string of the molecule is CCOC1=C[C@H](O)CC1. The number of aliphatic hydroxyl groups is 1. The zero-order chi connectivity index (χ0) is 6.69. The largest absolute Gasteiger partial charge is 0.498 e. The van der Waals surface area contributed by atoms with Crippen LogP contribution < -0.4 is 0 Å². The lowest BCUT2D eigenvalue weighted by Gasteiger charge is -1.99. The standard InChI is InChI=1S/C7H12O2/c1-2-9-7-4-3-6(8)5-7/h5-6,8H,2-4H2,1H3/t6-/m1/s1. The van der Waals surface area contributed by atoms with Gasteiger partial charge in [0.15, 0.2) is 0 Å². The van der Waals surface area contributed by atoms with Gasteiger partial charge in [-0.2, -0.15) is 0 Å². The molecule has 2 nitrogen and oxygen atoms in total. The Labute approximate surface area is 55.1 Å². The van der Waals surface area contributed by atoms with Gasteiger partial charge in [-0.1, -0.05) is 0 Å². The second-order valence-corrected chi connectivity index (χ2v) is 2.17. The molecule has 0 unspecified atom stereocenters. The first-order chi connectivity index (χ1) is 4.33. The molecule has 52 valence electrons. The Bertz CT molecular complexity index is 118. The Morgan fingerprint density at radius 3 is 3.11 bits per heavy atom. The van der Waals surface area contributed by atoms with Crippen LogP contribution in [0.5, 0.6) is 0 Å². The second-order valence-electron chi connectivity index (χ2n) is 2.17. The zero-order valence-corrected chi connectivity index (χ0v) is 5.63. The summed E-state index contributed by atoms with van der Waals surface area (Å²) in [5, 5.41) is 8.97. The summed E-state index contributed by atoms with van der Waals surface area (Å²) in [7, 11) is 0. The molecule has 1 aliphatic carbocycles. The third-order valence-electron chi connectivity index (χ3n) is 1.39. The molecule has 0 heterocycles. The summed E-state index contributed by atoms with van der Waals surface area (Å²) in [6.07, 6.45) is 3.25. The molecule has 1 atom stereocenters. The highest BCUT2D eigenvalue weighted by molar-refractivity contribution is 5.04. The summed E-state index contributed by atoms with van der Waals surface area (Å²) in [5.41, 5.74) is 0. The van der Waals surface area contributed by atoms with Crippen molar-refractivity contribution >= 4 is 0 Å². The molecule has 0 fully saturated rings. The van der Waals surface area contributed by atoms with Crippen molar-refractivity contribution in [3.8, 4) is 0 Å². The highest BCUT2D eigenvalue weighted by Crippen LogP contribution is 2.18. The average molecular weight is 128 g/mol. The van der Waals surface area contributed by atoms with E-state index in [2.05, 4.69) is 0 Å². The van der Waals surface area contributed by atoms with Gasteiger partial charge in [-0.15, -0.1) is 0 Å². The van der Waals surface area contributed by atoms with Gasteiger partial charge in [0.1, 0.15) is 0 Å². The predicted molar refractivity (Wildman–Crippen MR) is 34.9 cm³/mol. The van der Waals surface area contributed by atoms with E-state index in [1.165, 1.54) is 0 Å². The highest BCUT2D eigenvalue weighted by Gasteiger charge is 2.12. The van der Waals surface area contributed by atoms with E-state index in [9.17, 15) is 0 Å². The lowest BCUT2D eigenvalue weighted by molar-refractivity contribution is 0.219. The van der Waals surface area contributed by atoms with Crippen LogP contribution in [0.25, 0.3) is 0 Å². The molecular weight excluding hydrogens is 116 g/mol. The molecule has 0 spiro atoms. The fraction of sp³-hybridized carbons (Fsp3) is 0.714.